The normalized spacial score (nSPS) is 10.4. The van der Waals surface area contributed by atoms with Crippen LogP contribution in [0.1, 0.15) is 24.6 Å². The van der Waals surface area contributed by atoms with E-state index in [1.54, 1.807) is 7.11 Å². The van der Waals surface area contributed by atoms with Crippen molar-refractivity contribution in [3.63, 3.8) is 0 Å². The third-order valence-electron chi connectivity index (χ3n) is 3.06. The van der Waals surface area contributed by atoms with Crippen molar-refractivity contribution in [2.75, 3.05) is 19.0 Å². The fourth-order valence-electron chi connectivity index (χ4n) is 2.06. The number of hydrogen-bond acceptors (Lipinski definition) is 4. The lowest BCUT2D eigenvalue weighted by Crippen LogP contribution is -2.04. The summed E-state index contributed by atoms with van der Waals surface area (Å²) in [7, 11) is 1.68. The van der Waals surface area contributed by atoms with E-state index in [0.29, 0.717) is 0 Å². The molecular formula is C16H21N3O. The molecule has 0 saturated heterocycles. The van der Waals surface area contributed by atoms with Crippen molar-refractivity contribution in [3.05, 3.63) is 35.5 Å². The highest BCUT2D eigenvalue weighted by Crippen LogP contribution is 2.24. The van der Waals surface area contributed by atoms with Crippen molar-refractivity contribution in [1.82, 2.24) is 9.97 Å². The Morgan fingerprint density at radius 1 is 1.15 bits per heavy atom. The highest BCUT2D eigenvalue weighted by molar-refractivity contribution is 5.60. The van der Waals surface area contributed by atoms with Crippen LogP contribution in [-0.4, -0.2) is 23.6 Å². The van der Waals surface area contributed by atoms with Gasteiger partial charge in [0.25, 0.3) is 0 Å². The molecule has 1 aromatic heterocycles. The van der Waals surface area contributed by atoms with Crippen molar-refractivity contribution in [1.29, 1.82) is 0 Å². The van der Waals surface area contributed by atoms with Gasteiger partial charge >= 0.3 is 0 Å². The molecule has 0 radical (unpaired) electrons. The summed E-state index contributed by atoms with van der Waals surface area (Å²) in [5, 5.41) is 3.31. The largest absolute Gasteiger partial charge is 0.496 e. The van der Waals surface area contributed by atoms with Crippen LogP contribution in [0.5, 0.6) is 5.75 Å². The van der Waals surface area contributed by atoms with Gasteiger partial charge in [0.2, 0.25) is 0 Å². The molecule has 0 fully saturated rings. The Labute approximate surface area is 120 Å². The minimum Gasteiger partial charge on any atom is -0.496 e. The standard InChI is InChI=1S/C16H21N3O/c1-5-8-17-15-10-12(3)18-16(19-15)13-6-7-14(20-4)11(2)9-13/h6-7,9-10H,5,8H2,1-4H3,(H,17,18,19). The number of rotatable bonds is 5. The zero-order chi connectivity index (χ0) is 14.5. The molecule has 1 N–H and O–H groups in total. The summed E-state index contributed by atoms with van der Waals surface area (Å²) in [6.07, 6.45) is 1.07. The van der Waals surface area contributed by atoms with E-state index in [0.717, 1.165) is 47.2 Å². The minimum absolute atomic E-state index is 0.745. The fraction of sp³-hybridized carbons (Fsp3) is 0.375. The number of nitrogens with one attached hydrogen (secondary N) is 1. The molecule has 0 amide bonds. The Kier molecular flexibility index (Phi) is 4.56. The first-order valence-electron chi connectivity index (χ1n) is 6.88. The number of anilines is 1. The molecule has 1 heterocycles. The average Bonchev–Trinajstić information content (AvgIpc) is 2.44. The van der Waals surface area contributed by atoms with Gasteiger partial charge in [-0.05, 0) is 44.0 Å². The molecule has 2 rings (SSSR count). The van der Waals surface area contributed by atoms with Gasteiger partial charge in [0.05, 0.1) is 7.11 Å². The minimum atomic E-state index is 0.745. The maximum Gasteiger partial charge on any atom is 0.161 e. The van der Waals surface area contributed by atoms with Crippen LogP contribution in [0.15, 0.2) is 24.3 Å². The van der Waals surface area contributed by atoms with Crippen LogP contribution in [0.25, 0.3) is 11.4 Å². The van der Waals surface area contributed by atoms with E-state index >= 15 is 0 Å². The molecule has 0 aliphatic heterocycles. The van der Waals surface area contributed by atoms with Crippen LogP contribution >= 0.6 is 0 Å². The van der Waals surface area contributed by atoms with Gasteiger partial charge in [0, 0.05) is 23.9 Å². The maximum absolute atomic E-state index is 5.28. The lowest BCUT2D eigenvalue weighted by atomic mass is 10.1. The number of nitrogens with zero attached hydrogens (tertiary/aromatic N) is 2. The average molecular weight is 271 g/mol. The Balaban J connectivity index is 2.36. The Hall–Kier alpha value is -2.10. The van der Waals surface area contributed by atoms with E-state index in [4.69, 9.17) is 4.74 Å². The summed E-state index contributed by atoms with van der Waals surface area (Å²) in [6, 6.07) is 7.96. The molecular weight excluding hydrogens is 250 g/mol. The number of ether oxygens (including phenoxy) is 1. The van der Waals surface area contributed by atoms with Gasteiger partial charge in [0.1, 0.15) is 11.6 Å². The lowest BCUT2D eigenvalue weighted by Gasteiger charge is -2.09. The SMILES string of the molecule is CCCNc1cc(C)nc(-c2ccc(OC)c(C)c2)n1. The number of aromatic nitrogens is 2. The molecule has 0 aliphatic rings. The molecule has 20 heavy (non-hydrogen) atoms. The third-order valence-corrected chi connectivity index (χ3v) is 3.06. The first kappa shape index (κ1) is 14.3. The molecule has 4 nitrogen and oxygen atoms in total. The van der Waals surface area contributed by atoms with Crippen LogP contribution in [0.4, 0.5) is 5.82 Å². The topological polar surface area (TPSA) is 47.0 Å². The maximum atomic E-state index is 5.28. The summed E-state index contributed by atoms with van der Waals surface area (Å²) in [4.78, 5) is 9.09. The van der Waals surface area contributed by atoms with Gasteiger partial charge in [-0.25, -0.2) is 9.97 Å². The van der Waals surface area contributed by atoms with Gasteiger partial charge in [0.15, 0.2) is 5.82 Å². The number of methoxy groups -OCH3 is 1. The summed E-state index contributed by atoms with van der Waals surface area (Å²) >= 11 is 0. The van der Waals surface area contributed by atoms with Crippen molar-refractivity contribution in [2.45, 2.75) is 27.2 Å². The zero-order valence-electron chi connectivity index (χ0n) is 12.5. The van der Waals surface area contributed by atoms with Crippen LogP contribution in [-0.2, 0) is 0 Å². The highest BCUT2D eigenvalue weighted by atomic mass is 16.5. The van der Waals surface area contributed by atoms with E-state index in [9.17, 15) is 0 Å². The quantitative estimate of drug-likeness (QED) is 0.902. The van der Waals surface area contributed by atoms with Crippen molar-refractivity contribution >= 4 is 5.82 Å². The van der Waals surface area contributed by atoms with E-state index in [2.05, 4.69) is 28.3 Å². The molecule has 0 unspecified atom stereocenters. The summed E-state index contributed by atoms with van der Waals surface area (Å²) in [6.45, 7) is 7.05. The smallest absolute Gasteiger partial charge is 0.161 e. The van der Waals surface area contributed by atoms with Gasteiger partial charge < -0.3 is 10.1 Å². The molecule has 0 spiro atoms. The molecule has 4 heteroatoms. The zero-order valence-corrected chi connectivity index (χ0v) is 12.5. The molecule has 0 bridgehead atoms. The monoisotopic (exact) mass is 271 g/mol. The first-order valence-corrected chi connectivity index (χ1v) is 6.88. The molecule has 2 aromatic rings. The van der Waals surface area contributed by atoms with E-state index in [1.807, 2.05) is 32.0 Å². The van der Waals surface area contributed by atoms with E-state index in [-0.39, 0.29) is 0 Å². The predicted octanol–water partition coefficient (Wildman–Crippen LogP) is 3.59. The van der Waals surface area contributed by atoms with Gasteiger partial charge in [-0.3, -0.25) is 0 Å². The van der Waals surface area contributed by atoms with Gasteiger partial charge in [-0.15, -0.1) is 0 Å². The van der Waals surface area contributed by atoms with Crippen molar-refractivity contribution < 1.29 is 4.74 Å². The number of aryl methyl sites for hydroxylation is 2. The fourth-order valence-corrected chi connectivity index (χ4v) is 2.06. The summed E-state index contributed by atoms with van der Waals surface area (Å²) in [5.74, 6) is 2.50. The highest BCUT2D eigenvalue weighted by Gasteiger charge is 2.07. The van der Waals surface area contributed by atoms with E-state index < -0.39 is 0 Å². The van der Waals surface area contributed by atoms with Gasteiger partial charge in [-0.2, -0.15) is 0 Å². The van der Waals surface area contributed by atoms with Crippen LogP contribution in [0.3, 0.4) is 0 Å². The molecule has 0 saturated carbocycles. The lowest BCUT2D eigenvalue weighted by molar-refractivity contribution is 0.412. The van der Waals surface area contributed by atoms with E-state index in [1.165, 1.54) is 0 Å². The molecule has 0 atom stereocenters. The molecule has 1 aromatic carbocycles. The van der Waals surface area contributed by atoms with Crippen molar-refractivity contribution in [2.24, 2.45) is 0 Å². The second kappa shape index (κ2) is 6.37. The predicted molar refractivity (Wildman–Crippen MR) is 82.3 cm³/mol. The van der Waals surface area contributed by atoms with Gasteiger partial charge in [-0.1, -0.05) is 6.92 Å². The third kappa shape index (κ3) is 3.26. The second-order valence-corrected chi connectivity index (χ2v) is 4.83. The Morgan fingerprint density at radius 2 is 1.95 bits per heavy atom. The summed E-state index contributed by atoms with van der Waals surface area (Å²) in [5.41, 5.74) is 3.05. The number of hydrogen-bond donors (Lipinski definition) is 1. The second-order valence-electron chi connectivity index (χ2n) is 4.83. The van der Waals surface area contributed by atoms with Crippen molar-refractivity contribution in [3.8, 4) is 17.1 Å². The molecule has 0 aliphatic carbocycles. The Bertz CT molecular complexity index is 596. The van der Waals surface area contributed by atoms with Crippen LogP contribution in [0.2, 0.25) is 0 Å². The molecule has 106 valence electrons. The Morgan fingerprint density at radius 3 is 2.60 bits per heavy atom. The number of benzene rings is 1. The van der Waals surface area contributed by atoms with Crippen LogP contribution in [0, 0.1) is 13.8 Å². The first-order chi connectivity index (χ1) is 9.63. The summed E-state index contributed by atoms with van der Waals surface area (Å²) < 4.78 is 5.28. The van der Waals surface area contributed by atoms with Crippen LogP contribution < -0.4 is 10.1 Å².